The molecule has 0 bridgehead atoms. The van der Waals surface area contributed by atoms with Crippen LogP contribution < -0.4 is 10.6 Å². The molecule has 1 aliphatic heterocycles. The molecule has 122 valence electrons. The van der Waals surface area contributed by atoms with E-state index < -0.39 is 0 Å². The van der Waals surface area contributed by atoms with Crippen LogP contribution in [0.3, 0.4) is 0 Å². The fourth-order valence-corrected chi connectivity index (χ4v) is 2.92. The maximum Gasteiger partial charge on any atom is 0.220 e. The van der Waals surface area contributed by atoms with Crippen LogP contribution in [-0.2, 0) is 16.1 Å². The summed E-state index contributed by atoms with van der Waals surface area (Å²) in [5, 5.41) is 6.37. The predicted molar refractivity (Wildman–Crippen MR) is 88.5 cm³/mol. The number of nitrogens with one attached hydrogen (secondary N) is 2. The van der Waals surface area contributed by atoms with Crippen LogP contribution in [0, 0.1) is 11.8 Å². The standard InChI is InChI=1S/C18H28N2O2/c1-15(17-8-5-9-19-13-17)12-18(21)20-10-11-22-14-16-6-3-2-4-7-16/h2-4,6-7,15,17,19H,5,8-14H2,1H3,(H,20,21). The van der Waals surface area contributed by atoms with Gasteiger partial charge in [-0.1, -0.05) is 37.3 Å². The maximum absolute atomic E-state index is 11.9. The Balaban J connectivity index is 1.53. The smallest absolute Gasteiger partial charge is 0.220 e. The van der Waals surface area contributed by atoms with Gasteiger partial charge in [-0.25, -0.2) is 0 Å². The van der Waals surface area contributed by atoms with E-state index in [1.54, 1.807) is 0 Å². The fraction of sp³-hybridized carbons (Fsp3) is 0.611. The normalized spacial score (nSPS) is 19.6. The molecular weight excluding hydrogens is 276 g/mol. The maximum atomic E-state index is 11.9. The van der Waals surface area contributed by atoms with E-state index in [0.717, 1.165) is 18.7 Å². The third kappa shape index (κ3) is 6.16. The van der Waals surface area contributed by atoms with Gasteiger partial charge in [0.05, 0.1) is 13.2 Å². The Labute approximate surface area is 133 Å². The third-order valence-corrected chi connectivity index (χ3v) is 4.33. The number of benzene rings is 1. The zero-order valence-electron chi connectivity index (χ0n) is 13.5. The van der Waals surface area contributed by atoms with Gasteiger partial charge in [0.2, 0.25) is 5.91 Å². The molecule has 0 aromatic heterocycles. The Morgan fingerprint density at radius 2 is 2.23 bits per heavy atom. The molecule has 0 radical (unpaired) electrons. The summed E-state index contributed by atoms with van der Waals surface area (Å²) in [6.45, 7) is 6.09. The summed E-state index contributed by atoms with van der Waals surface area (Å²) in [7, 11) is 0. The second kappa shape index (κ2) is 9.59. The molecule has 1 saturated heterocycles. The first-order valence-corrected chi connectivity index (χ1v) is 8.35. The van der Waals surface area contributed by atoms with Gasteiger partial charge in [0.15, 0.2) is 0 Å². The van der Waals surface area contributed by atoms with Gasteiger partial charge in [0.25, 0.3) is 0 Å². The molecule has 22 heavy (non-hydrogen) atoms. The number of carbonyl (C=O) groups excluding carboxylic acids is 1. The molecule has 4 heteroatoms. The molecule has 1 heterocycles. The Morgan fingerprint density at radius 3 is 2.95 bits per heavy atom. The number of carbonyl (C=O) groups is 1. The van der Waals surface area contributed by atoms with E-state index in [2.05, 4.69) is 17.6 Å². The lowest BCUT2D eigenvalue weighted by Gasteiger charge is -2.28. The Morgan fingerprint density at radius 1 is 1.41 bits per heavy atom. The van der Waals surface area contributed by atoms with Gasteiger partial charge in [-0.15, -0.1) is 0 Å². The first-order valence-electron chi connectivity index (χ1n) is 8.35. The second-order valence-corrected chi connectivity index (χ2v) is 6.18. The van der Waals surface area contributed by atoms with Crippen molar-refractivity contribution in [3.8, 4) is 0 Å². The van der Waals surface area contributed by atoms with Crippen LogP contribution in [0.1, 0.15) is 31.7 Å². The van der Waals surface area contributed by atoms with Crippen molar-refractivity contribution in [3.63, 3.8) is 0 Å². The molecule has 1 amide bonds. The predicted octanol–water partition coefficient (Wildman–Crippen LogP) is 2.35. The topological polar surface area (TPSA) is 50.4 Å². The van der Waals surface area contributed by atoms with E-state index in [-0.39, 0.29) is 5.91 Å². The van der Waals surface area contributed by atoms with Crippen LogP contribution in [0.2, 0.25) is 0 Å². The Bertz CT molecular complexity index is 430. The van der Waals surface area contributed by atoms with Gasteiger partial charge in [0, 0.05) is 13.0 Å². The van der Waals surface area contributed by atoms with Crippen molar-refractivity contribution >= 4 is 5.91 Å². The third-order valence-electron chi connectivity index (χ3n) is 4.33. The summed E-state index contributed by atoms with van der Waals surface area (Å²) < 4.78 is 5.57. The summed E-state index contributed by atoms with van der Waals surface area (Å²) in [4.78, 5) is 11.9. The summed E-state index contributed by atoms with van der Waals surface area (Å²) in [5.41, 5.74) is 1.16. The zero-order valence-corrected chi connectivity index (χ0v) is 13.5. The van der Waals surface area contributed by atoms with E-state index in [1.807, 2.05) is 30.3 Å². The first kappa shape index (κ1) is 17.0. The molecule has 1 aromatic carbocycles. The summed E-state index contributed by atoms with van der Waals surface area (Å²) in [5.74, 6) is 1.22. The summed E-state index contributed by atoms with van der Waals surface area (Å²) in [6, 6.07) is 10.1. The molecule has 1 aliphatic rings. The Hall–Kier alpha value is -1.39. The largest absolute Gasteiger partial charge is 0.375 e. The molecular formula is C18H28N2O2. The minimum absolute atomic E-state index is 0.140. The van der Waals surface area contributed by atoms with Crippen molar-refractivity contribution in [2.75, 3.05) is 26.2 Å². The summed E-state index contributed by atoms with van der Waals surface area (Å²) in [6.07, 6.45) is 3.08. The molecule has 1 fully saturated rings. The number of ether oxygens (including phenoxy) is 1. The van der Waals surface area contributed by atoms with Crippen LogP contribution in [0.4, 0.5) is 0 Å². The monoisotopic (exact) mass is 304 g/mol. The van der Waals surface area contributed by atoms with Gasteiger partial charge in [-0.05, 0) is 43.3 Å². The van der Waals surface area contributed by atoms with Crippen LogP contribution in [0.15, 0.2) is 30.3 Å². The van der Waals surface area contributed by atoms with Gasteiger partial charge < -0.3 is 15.4 Å². The number of amides is 1. The van der Waals surface area contributed by atoms with Crippen LogP contribution >= 0.6 is 0 Å². The van der Waals surface area contributed by atoms with Crippen LogP contribution in [0.5, 0.6) is 0 Å². The molecule has 2 N–H and O–H groups in total. The average molecular weight is 304 g/mol. The SMILES string of the molecule is CC(CC(=O)NCCOCc1ccccc1)C1CCCNC1. The minimum Gasteiger partial charge on any atom is -0.375 e. The van der Waals surface area contributed by atoms with Gasteiger partial charge in [0.1, 0.15) is 0 Å². The number of piperidine rings is 1. The van der Waals surface area contributed by atoms with Crippen LogP contribution in [0.25, 0.3) is 0 Å². The number of hydrogen-bond acceptors (Lipinski definition) is 3. The van der Waals surface area contributed by atoms with Crippen molar-refractivity contribution in [1.82, 2.24) is 10.6 Å². The minimum atomic E-state index is 0.140. The van der Waals surface area contributed by atoms with Crippen molar-refractivity contribution in [2.45, 2.75) is 32.8 Å². The van der Waals surface area contributed by atoms with Crippen molar-refractivity contribution in [2.24, 2.45) is 11.8 Å². The highest BCUT2D eigenvalue weighted by atomic mass is 16.5. The van der Waals surface area contributed by atoms with Crippen LogP contribution in [-0.4, -0.2) is 32.1 Å². The number of rotatable bonds is 8. The van der Waals surface area contributed by atoms with E-state index in [4.69, 9.17) is 4.74 Å². The molecule has 2 rings (SSSR count). The van der Waals surface area contributed by atoms with Crippen molar-refractivity contribution in [1.29, 1.82) is 0 Å². The zero-order chi connectivity index (χ0) is 15.6. The van der Waals surface area contributed by atoms with Gasteiger partial charge in [-0.3, -0.25) is 4.79 Å². The molecule has 4 nitrogen and oxygen atoms in total. The van der Waals surface area contributed by atoms with Gasteiger partial charge >= 0.3 is 0 Å². The quantitative estimate of drug-likeness (QED) is 0.725. The van der Waals surface area contributed by atoms with Gasteiger partial charge in [-0.2, -0.15) is 0 Å². The second-order valence-electron chi connectivity index (χ2n) is 6.18. The van der Waals surface area contributed by atoms with E-state index in [0.29, 0.717) is 38.0 Å². The lowest BCUT2D eigenvalue weighted by molar-refractivity contribution is -0.122. The molecule has 1 aromatic rings. The van der Waals surface area contributed by atoms with Crippen molar-refractivity contribution < 1.29 is 9.53 Å². The molecule has 0 spiro atoms. The highest BCUT2D eigenvalue weighted by molar-refractivity contribution is 5.76. The van der Waals surface area contributed by atoms with E-state index >= 15 is 0 Å². The average Bonchev–Trinajstić information content (AvgIpc) is 2.56. The molecule has 2 atom stereocenters. The molecule has 0 saturated carbocycles. The highest BCUT2D eigenvalue weighted by Crippen LogP contribution is 2.22. The van der Waals surface area contributed by atoms with Crippen molar-refractivity contribution in [3.05, 3.63) is 35.9 Å². The van der Waals surface area contributed by atoms with E-state index in [9.17, 15) is 4.79 Å². The lowest BCUT2D eigenvalue weighted by atomic mass is 9.85. The van der Waals surface area contributed by atoms with E-state index in [1.165, 1.54) is 12.8 Å². The number of hydrogen-bond donors (Lipinski definition) is 2. The lowest BCUT2D eigenvalue weighted by Crippen LogP contribution is -2.36. The molecule has 0 aliphatic carbocycles. The first-order chi connectivity index (χ1) is 10.8. The summed E-state index contributed by atoms with van der Waals surface area (Å²) >= 11 is 0. The fourth-order valence-electron chi connectivity index (χ4n) is 2.92. The Kier molecular flexibility index (Phi) is 7.40. The highest BCUT2D eigenvalue weighted by Gasteiger charge is 2.21. The molecule has 2 unspecified atom stereocenters.